The third kappa shape index (κ3) is 64.2. The minimum Gasteiger partial charge on any atom is -0.462 e. The van der Waals surface area contributed by atoms with Crippen LogP contribution in [-0.4, -0.2) is 37.2 Å². The SMILES string of the molecule is CC/C=C\C/C=C\C/C=C\C/C=C\C/C=C\C/C=C\C/C=C\C/C=C\C/C=C\C/C=C\CCCCC(=O)OCC(COC(=O)CCCC/C=C\C/C=C\C/C=C\C/C=C\CC)OC(=O)C/C=C\C/C=C\C/C=C\C/C=C\C/C=C\CC. The van der Waals surface area contributed by atoms with E-state index in [9.17, 15) is 14.4 Å². The first-order valence-corrected chi connectivity index (χ1v) is 30.9. The maximum absolute atomic E-state index is 12.8. The van der Waals surface area contributed by atoms with Gasteiger partial charge in [0, 0.05) is 12.8 Å². The predicted octanol–water partition coefficient (Wildman–Crippen LogP) is 21.5. The van der Waals surface area contributed by atoms with E-state index in [2.05, 4.69) is 240 Å². The minimum atomic E-state index is -0.884. The molecule has 0 amide bonds. The summed E-state index contributed by atoms with van der Waals surface area (Å²) in [6.45, 7) is 6.10. The van der Waals surface area contributed by atoms with Gasteiger partial charge in [0.05, 0.1) is 6.42 Å². The van der Waals surface area contributed by atoms with Gasteiger partial charge < -0.3 is 14.2 Å². The Morgan fingerprint density at radius 3 is 0.704 bits per heavy atom. The molecule has 81 heavy (non-hydrogen) atoms. The van der Waals surface area contributed by atoms with Crippen molar-refractivity contribution in [1.82, 2.24) is 0 Å². The Bertz CT molecular complexity index is 2090. The van der Waals surface area contributed by atoms with Crippen molar-refractivity contribution in [1.29, 1.82) is 0 Å². The van der Waals surface area contributed by atoms with Gasteiger partial charge in [0.25, 0.3) is 0 Å². The van der Waals surface area contributed by atoms with Crippen molar-refractivity contribution < 1.29 is 28.6 Å². The lowest BCUT2D eigenvalue weighted by molar-refractivity contribution is -0.166. The summed E-state index contributed by atoms with van der Waals surface area (Å²) in [5.74, 6) is -1.20. The molecule has 0 heterocycles. The molecule has 1 unspecified atom stereocenters. The first kappa shape index (κ1) is 74.5. The molecular weight excluding hydrogens is 997 g/mol. The number of rotatable bonds is 52. The van der Waals surface area contributed by atoms with Crippen LogP contribution in [0.25, 0.3) is 0 Å². The fourth-order valence-corrected chi connectivity index (χ4v) is 7.18. The van der Waals surface area contributed by atoms with Crippen LogP contribution >= 0.6 is 0 Å². The molecule has 0 aliphatic rings. The number of hydrogen-bond acceptors (Lipinski definition) is 6. The van der Waals surface area contributed by atoms with Crippen molar-refractivity contribution in [2.45, 2.75) is 207 Å². The molecule has 444 valence electrons. The predicted molar refractivity (Wildman–Crippen MR) is 352 cm³/mol. The number of carbonyl (C=O) groups is 3. The lowest BCUT2D eigenvalue weighted by Gasteiger charge is -2.18. The minimum absolute atomic E-state index is 0.0642. The maximum atomic E-state index is 12.8. The van der Waals surface area contributed by atoms with Crippen LogP contribution in [0.3, 0.4) is 0 Å². The molecule has 0 aromatic heterocycles. The Labute approximate surface area is 494 Å². The maximum Gasteiger partial charge on any atom is 0.310 e. The highest BCUT2D eigenvalue weighted by Gasteiger charge is 2.19. The number of ether oxygens (including phenoxy) is 3. The van der Waals surface area contributed by atoms with Crippen LogP contribution in [0.2, 0.25) is 0 Å². The molecule has 0 radical (unpaired) electrons. The second-order valence-electron chi connectivity index (χ2n) is 19.1. The number of unbranched alkanes of at least 4 members (excludes halogenated alkanes) is 4. The van der Waals surface area contributed by atoms with Gasteiger partial charge in [-0.1, -0.05) is 252 Å². The first-order valence-electron chi connectivity index (χ1n) is 30.9. The van der Waals surface area contributed by atoms with Gasteiger partial charge in [0.1, 0.15) is 13.2 Å². The average Bonchev–Trinajstić information content (AvgIpc) is 3.47. The van der Waals surface area contributed by atoms with Crippen molar-refractivity contribution in [2.75, 3.05) is 13.2 Å². The Balaban J connectivity index is 4.54. The van der Waals surface area contributed by atoms with Crippen LogP contribution in [0.4, 0.5) is 0 Å². The summed E-state index contributed by atoms with van der Waals surface area (Å²) in [6, 6.07) is 0. The number of carbonyl (C=O) groups excluding carboxylic acids is 3. The zero-order valence-electron chi connectivity index (χ0n) is 50.7. The van der Waals surface area contributed by atoms with E-state index in [0.29, 0.717) is 19.3 Å². The summed E-state index contributed by atoms with van der Waals surface area (Å²) in [5, 5.41) is 0. The molecule has 0 saturated carbocycles. The van der Waals surface area contributed by atoms with Gasteiger partial charge in [-0.2, -0.15) is 0 Å². The Hall–Kier alpha value is -6.53. The van der Waals surface area contributed by atoms with E-state index in [4.69, 9.17) is 14.2 Å². The number of allylic oxidation sites excluding steroid dienone is 37. The molecule has 0 aliphatic heterocycles. The Kier molecular flexibility index (Phi) is 60.7. The van der Waals surface area contributed by atoms with E-state index < -0.39 is 12.1 Å². The molecule has 0 saturated heterocycles. The molecule has 0 aliphatic carbocycles. The van der Waals surface area contributed by atoms with E-state index in [1.165, 1.54) is 0 Å². The topological polar surface area (TPSA) is 78.9 Å². The molecule has 6 nitrogen and oxygen atoms in total. The summed E-state index contributed by atoms with van der Waals surface area (Å²) < 4.78 is 16.7. The van der Waals surface area contributed by atoms with Crippen LogP contribution in [0.1, 0.15) is 201 Å². The molecule has 1 atom stereocenters. The second kappa shape index (κ2) is 66.0. The quantitative estimate of drug-likeness (QED) is 0.0261. The molecule has 0 rings (SSSR count). The van der Waals surface area contributed by atoms with Crippen LogP contribution in [0.15, 0.2) is 231 Å². The van der Waals surface area contributed by atoms with Crippen LogP contribution in [-0.2, 0) is 28.6 Å². The highest BCUT2D eigenvalue weighted by Crippen LogP contribution is 2.09. The molecule has 0 N–H and O–H groups in total. The van der Waals surface area contributed by atoms with Crippen LogP contribution in [0, 0.1) is 0 Å². The van der Waals surface area contributed by atoms with Crippen molar-refractivity contribution in [3.05, 3.63) is 231 Å². The van der Waals surface area contributed by atoms with Gasteiger partial charge in [-0.05, 0) is 161 Å². The zero-order chi connectivity index (χ0) is 58.5. The van der Waals surface area contributed by atoms with E-state index in [-0.39, 0.29) is 44.4 Å². The summed E-state index contributed by atoms with van der Waals surface area (Å²) in [7, 11) is 0. The normalized spacial score (nSPS) is 13.8. The standard InChI is InChI=1S/C75H108O6/c1-4-7-10-13-16-19-22-25-28-29-30-31-32-33-34-35-36-37-38-39-40-41-42-43-44-45-48-50-53-56-59-62-65-68-74(77)80-71-72(81-75(78)69-66-63-60-57-54-51-47-27-24-21-18-15-12-9-6-3)70-79-73(76)67-64-61-58-55-52-49-46-26-23-20-17-14-11-8-5-2/h7-12,16-21,25-28,30-31,33-34,36-37,39-40,42-43,45-48,52-57,63,66,72H,4-6,13-15,22-24,29,32,35,38,41,44,49-51,58-62,64-65,67-71H2,1-3H3/b10-7-,11-8-,12-9-,19-16-,20-17-,21-18-,28-25-,31-30-,34-33-,37-36-,40-39-,43-42-,46-26-,47-27-,48-45-,55-52-,56-53-,57-54-,66-63-. The lowest BCUT2D eigenvalue weighted by atomic mass is 10.2. The van der Waals surface area contributed by atoms with Crippen molar-refractivity contribution in [3.8, 4) is 0 Å². The van der Waals surface area contributed by atoms with Gasteiger partial charge in [-0.3, -0.25) is 14.4 Å². The van der Waals surface area contributed by atoms with E-state index >= 15 is 0 Å². The molecular formula is C75H108O6. The molecule has 0 bridgehead atoms. The molecule has 0 fully saturated rings. The summed E-state index contributed by atoms with van der Waals surface area (Å²) in [4.78, 5) is 38.1. The van der Waals surface area contributed by atoms with E-state index in [1.54, 1.807) is 6.08 Å². The van der Waals surface area contributed by atoms with Gasteiger partial charge >= 0.3 is 17.9 Å². The number of esters is 3. The monoisotopic (exact) mass is 1100 g/mol. The Morgan fingerprint density at radius 1 is 0.259 bits per heavy atom. The van der Waals surface area contributed by atoms with E-state index in [0.717, 1.165) is 141 Å². The molecule has 0 aromatic rings. The van der Waals surface area contributed by atoms with Gasteiger partial charge in [0.15, 0.2) is 6.10 Å². The summed E-state index contributed by atoms with van der Waals surface area (Å²) in [5.41, 5.74) is 0. The van der Waals surface area contributed by atoms with E-state index in [1.807, 2.05) is 6.08 Å². The van der Waals surface area contributed by atoms with Gasteiger partial charge in [0.2, 0.25) is 0 Å². The largest absolute Gasteiger partial charge is 0.462 e. The Morgan fingerprint density at radius 2 is 0.469 bits per heavy atom. The smallest absolute Gasteiger partial charge is 0.310 e. The van der Waals surface area contributed by atoms with Crippen molar-refractivity contribution in [3.63, 3.8) is 0 Å². The van der Waals surface area contributed by atoms with Crippen molar-refractivity contribution >= 4 is 17.9 Å². The van der Waals surface area contributed by atoms with Gasteiger partial charge in [-0.25, -0.2) is 0 Å². The lowest BCUT2D eigenvalue weighted by Crippen LogP contribution is -2.30. The molecule has 0 aromatic carbocycles. The van der Waals surface area contributed by atoms with Gasteiger partial charge in [-0.15, -0.1) is 0 Å². The van der Waals surface area contributed by atoms with Crippen LogP contribution < -0.4 is 0 Å². The highest BCUT2D eigenvalue weighted by molar-refractivity contribution is 5.72. The molecule has 0 spiro atoms. The third-order valence-corrected chi connectivity index (χ3v) is 11.7. The average molecular weight is 1110 g/mol. The summed E-state index contributed by atoms with van der Waals surface area (Å²) in [6.07, 6.45) is 105. The van der Waals surface area contributed by atoms with Crippen LogP contribution in [0.5, 0.6) is 0 Å². The fourth-order valence-electron chi connectivity index (χ4n) is 7.18. The highest BCUT2D eigenvalue weighted by atomic mass is 16.6. The fraction of sp³-hybridized carbons (Fsp3) is 0.453. The second-order valence-corrected chi connectivity index (χ2v) is 19.1. The van der Waals surface area contributed by atoms with Crippen molar-refractivity contribution in [2.24, 2.45) is 0 Å². The summed E-state index contributed by atoms with van der Waals surface area (Å²) >= 11 is 0. The third-order valence-electron chi connectivity index (χ3n) is 11.7. The number of hydrogen-bond donors (Lipinski definition) is 0. The first-order chi connectivity index (χ1) is 40.0. The zero-order valence-corrected chi connectivity index (χ0v) is 50.7. The molecule has 6 heteroatoms.